The van der Waals surface area contributed by atoms with E-state index in [2.05, 4.69) is 10.3 Å². The van der Waals surface area contributed by atoms with Crippen LogP contribution in [0.25, 0.3) is 0 Å². The molecular formula is C14H12ClFN2OS. The SMILES string of the molecule is O=C(CSCc1ccc(Cl)cc1F)Nc1cccnc1. The molecule has 1 aromatic heterocycles. The molecule has 0 unspecified atom stereocenters. The van der Waals surface area contributed by atoms with E-state index in [9.17, 15) is 9.18 Å². The van der Waals surface area contributed by atoms with E-state index in [0.29, 0.717) is 22.0 Å². The minimum atomic E-state index is -0.349. The number of rotatable bonds is 5. The predicted octanol–water partition coefficient (Wildman–Crippen LogP) is 3.75. The van der Waals surface area contributed by atoms with Crippen LogP contribution in [-0.4, -0.2) is 16.6 Å². The summed E-state index contributed by atoms with van der Waals surface area (Å²) in [7, 11) is 0. The van der Waals surface area contributed by atoms with Gasteiger partial charge in [0.1, 0.15) is 5.82 Å². The number of nitrogens with one attached hydrogen (secondary N) is 1. The molecule has 1 aromatic carbocycles. The Morgan fingerprint density at radius 1 is 1.40 bits per heavy atom. The fourth-order valence-electron chi connectivity index (χ4n) is 1.53. The van der Waals surface area contributed by atoms with Gasteiger partial charge >= 0.3 is 0 Å². The van der Waals surface area contributed by atoms with Crippen molar-refractivity contribution in [1.29, 1.82) is 0 Å². The molecule has 2 aromatic rings. The lowest BCUT2D eigenvalue weighted by Gasteiger charge is -2.05. The van der Waals surface area contributed by atoms with E-state index < -0.39 is 0 Å². The Bertz CT molecular complexity index is 595. The average Bonchev–Trinajstić information content (AvgIpc) is 2.42. The van der Waals surface area contributed by atoms with Crippen LogP contribution >= 0.6 is 23.4 Å². The van der Waals surface area contributed by atoms with Gasteiger partial charge in [0.05, 0.1) is 17.6 Å². The molecule has 20 heavy (non-hydrogen) atoms. The minimum absolute atomic E-state index is 0.141. The summed E-state index contributed by atoms with van der Waals surface area (Å²) < 4.78 is 13.5. The topological polar surface area (TPSA) is 42.0 Å². The van der Waals surface area contributed by atoms with Crippen molar-refractivity contribution < 1.29 is 9.18 Å². The number of benzene rings is 1. The van der Waals surface area contributed by atoms with Gasteiger partial charge in [0, 0.05) is 17.0 Å². The number of pyridine rings is 1. The van der Waals surface area contributed by atoms with E-state index in [0.717, 1.165) is 0 Å². The Hall–Kier alpha value is -1.59. The summed E-state index contributed by atoms with van der Waals surface area (Å²) in [6.45, 7) is 0. The van der Waals surface area contributed by atoms with Gasteiger partial charge in [-0.25, -0.2) is 4.39 Å². The number of carbonyl (C=O) groups excluding carboxylic acids is 1. The van der Waals surface area contributed by atoms with Gasteiger partial charge in [-0.05, 0) is 29.8 Å². The van der Waals surface area contributed by atoms with Crippen molar-refractivity contribution in [3.05, 3.63) is 59.1 Å². The second-order valence-corrected chi connectivity index (χ2v) is 5.44. The lowest BCUT2D eigenvalue weighted by atomic mass is 10.2. The third-order valence-electron chi connectivity index (χ3n) is 2.45. The first-order chi connectivity index (χ1) is 9.65. The van der Waals surface area contributed by atoms with Crippen LogP contribution in [0.2, 0.25) is 5.02 Å². The zero-order valence-corrected chi connectivity index (χ0v) is 12.0. The van der Waals surface area contributed by atoms with Gasteiger partial charge in [-0.1, -0.05) is 17.7 Å². The molecule has 0 spiro atoms. The highest BCUT2D eigenvalue weighted by Crippen LogP contribution is 2.19. The standard InChI is InChI=1S/C14H12ClFN2OS/c15-11-4-3-10(13(16)6-11)8-20-9-14(19)18-12-2-1-5-17-7-12/h1-7H,8-9H2,(H,18,19). The number of amides is 1. The number of anilines is 1. The third kappa shape index (κ3) is 4.51. The van der Waals surface area contributed by atoms with E-state index >= 15 is 0 Å². The second kappa shape index (κ2) is 7.26. The van der Waals surface area contributed by atoms with E-state index in [1.165, 1.54) is 17.8 Å². The van der Waals surface area contributed by atoms with Gasteiger partial charge in [0.15, 0.2) is 0 Å². The lowest BCUT2D eigenvalue weighted by Crippen LogP contribution is -2.14. The molecule has 0 saturated heterocycles. The van der Waals surface area contributed by atoms with Crippen molar-refractivity contribution in [1.82, 2.24) is 4.98 Å². The van der Waals surface area contributed by atoms with Crippen molar-refractivity contribution in [3.8, 4) is 0 Å². The van der Waals surface area contributed by atoms with Gasteiger partial charge in [0.25, 0.3) is 0 Å². The number of hydrogen-bond donors (Lipinski definition) is 1. The first-order valence-electron chi connectivity index (χ1n) is 5.86. The monoisotopic (exact) mass is 310 g/mol. The molecule has 0 aliphatic rings. The molecule has 1 heterocycles. The maximum absolute atomic E-state index is 13.5. The van der Waals surface area contributed by atoms with Crippen LogP contribution in [0.3, 0.4) is 0 Å². The Kier molecular flexibility index (Phi) is 5.38. The number of thioether (sulfide) groups is 1. The Balaban J connectivity index is 1.79. The van der Waals surface area contributed by atoms with E-state index in [1.807, 2.05) is 0 Å². The summed E-state index contributed by atoms with van der Waals surface area (Å²) in [4.78, 5) is 15.6. The highest BCUT2D eigenvalue weighted by atomic mass is 35.5. The minimum Gasteiger partial charge on any atom is -0.324 e. The summed E-state index contributed by atoms with van der Waals surface area (Å²) in [6.07, 6.45) is 3.20. The quantitative estimate of drug-likeness (QED) is 0.914. The first kappa shape index (κ1) is 14.8. The van der Waals surface area contributed by atoms with Gasteiger partial charge < -0.3 is 5.32 Å². The fraction of sp³-hybridized carbons (Fsp3) is 0.143. The molecule has 0 radical (unpaired) electrons. The smallest absolute Gasteiger partial charge is 0.234 e. The Labute approximate surface area is 125 Å². The van der Waals surface area contributed by atoms with Crippen molar-refractivity contribution in [2.75, 3.05) is 11.1 Å². The molecule has 104 valence electrons. The van der Waals surface area contributed by atoms with Gasteiger partial charge in [-0.3, -0.25) is 9.78 Å². The van der Waals surface area contributed by atoms with Crippen molar-refractivity contribution in [3.63, 3.8) is 0 Å². The van der Waals surface area contributed by atoms with Crippen molar-refractivity contribution in [2.24, 2.45) is 0 Å². The summed E-state index contributed by atoms with van der Waals surface area (Å²) in [5.74, 6) is 0.176. The Morgan fingerprint density at radius 2 is 2.25 bits per heavy atom. The molecule has 0 aliphatic heterocycles. The number of carbonyl (C=O) groups is 1. The van der Waals surface area contributed by atoms with Crippen LogP contribution < -0.4 is 5.32 Å². The lowest BCUT2D eigenvalue weighted by molar-refractivity contribution is -0.113. The van der Waals surface area contributed by atoms with Crippen LogP contribution in [0.4, 0.5) is 10.1 Å². The predicted molar refractivity (Wildman–Crippen MR) is 80.4 cm³/mol. The molecule has 0 bridgehead atoms. The van der Waals surface area contributed by atoms with E-state index in [-0.39, 0.29) is 17.5 Å². The normalized spacial score (nSPS) is 10.3. The number of hydrogen-bond acceptors (Lipinski definition) is 3. The van der Waals surface area contributed by atoms with Crippen LogP contribution in [-0.2, 0) is 10.5 Å². The number of aromatic nitrogens is 1. The van der Waals surface area contributed by atoms with Gasteiger partial charge in [-0.2, -0.15) is 0 Å². The molecule has 2 rings (SSSR count). The fourth-order valence-corrected chi connectivity index (χ4v) is 2.50. The summed E-state index contributed by atoms with van der Waals surface area (Å²) in [5.41, 5.74) is 1.18. The molecule has 0 saturated carbocycles. The molecule has 6 heteroatoms. The number of nitrogens with zero attached hydrogens (tertiary/aromatic N) is 1. The highest BCUT2D eigenvalue weighted by molar-refractivity contribution is 7.99. The highest BCUT2D eigenvalue weighted by Gasteiger charge is 2.06. The molecule has 1 amide bonds. The maximum atomic E-state index is 13.5. The molecule has 0 aliphatic carbocycles. The van der Waals surface area contributed by atoms with E-state index in [1.54, 1.807) is 36.7 Å². The second-order valence-electron chi connectivity index (χ2n) is 4.02. The zero-order valence-electron chi connectivity index (χ0n) is 10.5. The molecule has 3 nitrogen and oxygen atoms in total. The van der Waals surface area contributed by atoms with E-state index in [4.69, 9.17) is 11.6 Å². The van der Waals surface area contributed by atoms with Crippen LogP contribution in [0.1, 0.15) is 5.56 Å². The maximum Gasteiger partial charge on any atom is 0.234 e. The molecule has 1 N–H and O–H groups in total. The largest absolute Gasteiger partial charge is 0.324 e. The average molecular weight is 311 g/mol. The van der Waals surface area contributed by atoms with Crippen molar-refractivity contribution >= 4 is 35.0 Å². The zero-order chi connectivity index (χ0) is 14.4. The van der Waals surface area contributed by atoms with Crippen molar-refractivity contribution in [2.45, 2.75) is 5.75 Å². The van der Waals surface area contributed by atoms with Gasteiger partial charge in [0.2, 0.25) is 5.91 Å². The van der Waals surface area contributed by atoms with Crippen LogP contribution in [0, 0.1) is 5.82 Å². The number of halogens is 2. The Morgan fingerprint density at radius 3 is 2.95 bits per heavy atom. The van der Waals surface area contributed by atoms with Gasteiger partial charge in [-0.15, -0.1) is 11.8 Å². The first-order valence-corrected chi connectivity index (χ1v) is 7.40. The third-order valence-corrected chi connectivity index (χ3v) is 3.67. The molecule has 0 fully saturated rings. The summed E-state index contributed by atoms with van der Waals surface area (Å²) in [5, 5.41) is 3.08. The molecular weight excluding hydrogens is 299 g/mol. The summed E-state index contributed by atoms with van der Waals surface area (Å²) >= 11 is 7.01. The summed E-state index contributed by atoms with van der Waals surface area (Å²) in [6, 6.07) is 8.04. The molecule has 0 atom stereocenters. The van der Waals surface area contributed by atoms with Crippen LogP contribution in [0.5, 0.6) is 0 Å². The van der Waals surface area contributed by atoms with Crippen LogP contribution in [0.15, 0.2) is 42.7 Å².